The van der Waals surface area contributed by atoms with Crippen molar-refractivity contribution in [2.24, 2.45) is 0 Å². The van der Waals surface area contributed by atoms with Crippen molar-refractivity contribution in [3.05, 3.63) is 59.1 Å². The maximum atomic E-state index is 12.4. The monoisotopic (exact) mass is 449 g/mol. The van der Waals surface area contributed by atoms with Gasteiger partial charge in [-0.3, -0.25) is 9.10 Å². The third kappa shape index (κ3) is 6.45. The van der Waals surface area contributed by atoms with E-state index in [1.54, 1.807) is 42.5 Å². The van der Waals surface area contributed by atoms with E-state index in [0.717, 1.165) is 25.2 Å². The standard InChI is InChI=1S/C22H28ClN3O3S/c1-30(28,29)26(17-18-7-3-4-8-21(18)23)20-11-9-19(10-12-20)24-22(27)13-16-25-14-5-2-6-15-25/h3-4,7-12H,2,5-6,13-17H2,1H3,(H,24,27). The quantitative estimate of drug-likeness (QED) is 0.658. The number of benzene rings is 2. The van der Waals surface area contributed by atoms with Gasteiger partial charge >= 0.3 is 0 Å². The summed E-state index contributed by atoms with van der Waals surface area (Å²) in [7, 11) is -3.51. The van der Waals surface area contributed by atoms with Gasteiger partial charge in [0.1, 0.15) is 0 Å². The van der Waals surface area contributed by atoms with Crippen LogP contribution in [0.1, 0.15) is 31.2 Å². The van der Waals surface area contributed by atoms with Gasteiger partial charge in [0.15, 0.2) is 0 Å². The number of amides is 1. The molecular formula is C22H28ClN3O3S. The van der Waals surface area contributed by atoms with E-state index < -0.39 is 10.0 Å². The molecule has 0 aliphatic carbocycles. The van der Waals surface area contributed by atoms with E-state index in [0.29, 0.717) is 22.8 Å². The van der Waals surface area contributed by atoms with Crippen LogP contribution in [0.4, 0.5) is 11.4 Å². The van der Waals surface area contributed by atoms with Crippen LogP contribution in [-0.4, -0.2) is 45.1 Å². The van der Waals surface area contributed by atoms with Crippen molar-refractivity contribution in [2.75, 3.05) is 35.5 Å². The number of anilines is 2. The largest absolute Gasteiger partial charge is 0.326 e. The molecule has 1 amide bonds. The molecule has 2 aromatic carbocycles. The van der Waals surface area contributed by atoms with Gasteiger partial charge in [0.05, 0.1) is 18.5 Å². The summed E-state index contributed by atoms with van der Waals surface area (Å²) in [6.07, 6.45) is 5.29. The molecule has 0 spiro atoms. The van der Waals surface area contributed by atoms with Crippen LogP contribution in [0.2, 0.25) is 5.02 Å². The Kier molecular flexibility index (Phi) is 7.75. The van der Waals surface area contributed by atoms with Crippen molar-refractivity contribution in [1.82, 2.24) is 4.90 Å². The van der Waals surface area contributed by atoms with E-state index in [1.807, 2.05) is 6.07 Å². The van der Waals surface area contributed by atoms with E-state index >= 15 is 0 Å². The molecule has 1 fully saturated rings. The topological polar surface area (TPSA) is 69.7 Å². The summed E-state index contributed by atoms with van der Waals surface area (Å²) in [6, 6.07) is 14.0. The molecule has 1 heterocycles. The Balaban J connectivity index is 1.63. The first-order chi connectivity index (χ1) is 14.3. The average molecular weight is 450 g/mol. The number of hydrogen-bond acceptors (Lipinski definition) is 4. The number of sulfonamides is 1. The summed E-state index contributed by atoms with van der Waals surface area (Å²) >= 11 is 6.20. The maximum absolute atomic E-state index is 12.4. The second-order valence-corrected chi connectivity index (χ2v) is 9.92. The van der Waals surface area contributed by atoms with Crippen LogP contribution in [0, 0.1) is 0 Å². The molecule has 162 valence electrons. The molecule has 0 unspecified atom stereocenters. The number of likely N-dealkylation sites (tertiary alicyclic amines) is 1. The molecule has 1 aliphatic heterocycles. The molecule has 1 saturated heterocycles. The number of halogens is 1. The van der Waals surface area contributed by atoms with Crippen molar-refractivity contribution in [3.8, 4) is 0 Å². The molecule has 2 aromatic rings. The molecule has 0 radical (unpaired) electrons. The van der Waals surface area contributed by atoms with Gasteiger partial charge in [-0.05, 0) is 61.8 Å². The Hall–Kier alpha value is -2.09. The Bertz CT molecular complexity index is 958. The zero-order valence-electron chi connectivity index (χ0n) is 17.2. The van der Waals surface area contributed by atoms with E-state index in [1.165, 1.54) is 29.8 Å². The highest BCUT2D eigenvalue weighted by molar-refractivity contribution is 7.92. The lowest BCUT2D eigenvalue weighted by atomic mass is 10.1. The van der Waals surface area contributed by atoms with E-state index in [-0.39, 0.29) is 12.5 Å². The molecule has 6 nitrogen and oxygen atoms in total. The molecule has 0 bridgehead atoms. The summed E-state index contributed by atoms with van der Waals surface area (Å²) in [5.74, 6) is -0.0376. The Morgan fingerprint density at radius 2 is 1.73 bits per heavy atom. The van der Waals surface area contributed by atoms with Crippen LogP contribution in [0.3, 0.4) is 0 Å². The van der Waals surface area contributed by atoms with Crippen LogP contribution in [-0.2, 0) is 21.4 Å². The molecule has 0 aromatic heterocycles. The van der Waals surface area contributed by atoms with Crippen LogP contribution in [0.25, 0.3) is 0 Å². The van der Waals surface area contributed by atoms with Gasteiger partial charge in [0.25, 0.3) is 0 Å². The van der Waals surface area contributed by atoms with E-state index in [9.17, 15) is 13.2 Å². The van der Waals surface area contributed by atoms with Crippen molar-refractivity contribution in [3.63, 3.8) is 0 Å². The fourth-order valence-corrected chi connectivity index (χ4v) is 4.63. The number of nitrogens with one attached hydrogen (secondary N) is 1. The minimum absolute atomic E-state index is 0.0376. The second kappa shape index (κ2) is 10.3. The van der Waals surface area contributed by atoms with Crippen LogP contribution in [0.15, 0.2) is 48.5 Å². The van der Waals surface area contributed by atoms with Crippen molar-refractivity contribution < 1.29 is 13.2 Å². The number of rotatable bonds is 8. The molecule has 30 heavy (non-hydrogen) atoms. The van der Waals surface area contributed by atoms with E-state index in [2.05, 4.69) is 10.2 Å². The van der Waals surface area contributed by atoms with Gasteiger partial charge in [0.2, 0.25) is 15.9 Å². The smallest absolute Gasteiger partial charge is 0.232 e. The SMILES string of the molecule is CS(=O)(=O)N(Cc1ccccc1Cl)c1ccc(NC(=O)CCN2CCCCC2)cc1. The third-order valence-corrected chi connectivity index (χ3v) is 6.72. The summed E-state index contributed by atoms with van der Waals surface area (Å²) in [5.41, 5.74) is 1.89. The summed E-state index contributed by atoms with van der Waals surface area (Å²) < 4.78 is 26.0. The van der Waals surface area contributed by atoms with Crippen molar-refractivity contribution in [2.45, 2.75) is 32.2 Å². The maximum Gasteiger partial charge on any atom is 0.232 e. The highest BCUT2D eigenvalue weighted by Crippen LogP contribution is 2.25. The first kappa shape index (κ1) is 22.6. The van der Waals surface area contributed by atoms with Gasteiger partial charge in [-0.2, -0.15) is 0 Å². The lowest BCUT2D eigenvalue weighted by Crippen LogP contribution is -2.32. The minimum atomic E-state index is -3.51. The predicted molar refractivity (Wildman–Crippen MR) is 122 cm³/mol. The van der Waals surface area contributed by atoms with Gasteiger partial charge in [0, 0.05) is 23.7 Å². The number of piperidine rings is 1. The molecule has 8 heteroatoms. The average Bonchev–Trinajstić information content (AvgIpc) is 2.72. The molecule has 3 rings (SSSR count). The second-order valence-electron chi connectivity index (χ2n) is 7.61. The van der Waals surface area contributed by atoms with Gasteiger partial charge < -0.3 is 10.2 Å². The number of hydrogen-bond donors (Lipinski definition) is 1. The summed E-state index contributed by atoms with van der Waals surface area (Å²) in [5, 5.41) is 3.41. The summed E-state index contributed by atoms with van der Waals surface area (Å²) in [6.45, 7) is 3.03. The normalized spacial score (nSPS) is 15.0. The summed E-state index contributed by atoms with van der Waals surface area (Å²) in [4.78, 5) is 14.6. The van der Waals surface area contributed by atoms with Crippen molar-refractivity contribution in [1.29, 1.82) is 0 Å². The highest BCUT2D eigenvalue weighted by atomic mass is 35.5. The lowest BCUT2D eigenvalue weighted by molar-refractivity contribution is -0.116. The fourth-order valence-electron chi connectivity index (χ4n) is 3.56. The Morgan fingerprint density at radius 3 is 2.37 bits per heavy atom. The number of nitrogens with zero attached hydrogens (tertiary/aromatic N) is 2. The zero-order valence-corrected chi connectivity index (χ0v) is 18.8. The van der Waals surface area contributed by atoms with E-state index in [4.69, 9.17) is 11.6 Å². The minimum Gasteiger partial charge on any atom is -0.326 e. The molecule has 0 saturated carbocycles. The molecule has 1 aliphatic rings. The molecular weight excluding hydrogens is 422 g/mol. The molecule has 0 atom stereocenters. The third-order valence-electron chi connectivity index (χ3n) is 5.21. The van der Waals surface area contributed by atoms with Crippen molar-refractivity contribution >= 4 is 38.9 Å². The zero-order chi connectivity index (χ0) is 21.6. The number of carbonyl (C=O) groups is 1. The predicted octanol–water partition coefficient (Wildman–Crippen LogP) is 4.12. The van der Waals surface area contributed by atoms with Crippen LogP contribution >= 0.6 is 11.6 Å². The number of carbonyl (C=O) groups excluding carboxylic acids is 1. The Labute approximate surface area is 183 Å². The molecule has 1 N–H and O–H groups in total. The van der Waals surface area contributed by atoms with Gasteiger partial charge in [-0.15, -0.1) is 0 Å². The lowest BCUT2D eigenvalue weighted by Gasteiger charge is -2.26. The Morgan fingerprint density at radius 1 is 1.07 bits per heavy atom. The van der Waals surface area contributed by atoms with Crippen LogP contribution < -0.4 is 9.62 Å². The van der Waals surface area contributed by atoms with Crippen LogP contribution in [0.5, 0.6) is 0 Å². The first-order valence-electron chi connectivity index (χ1n) is 10.2. The van der Waals surface area contributed by atoms with Gasteiger partial charge in [-0.1, -0.05) is 36.2 Å². The first-order valence-corrected chi connectivity index (χ1v) is 12.4. The fraction of sp³-hybridized carbons (Fsp3) is 0.409. The highest BCUT2D eigenvalue weighted by Gasteiger charge is 2.19. The van der Waals surface area contributed by atoms with Gasteiger partial charge in [-0.25, -0.2) is 8.42 Å².